The molecule has 0 saturated carbocycles. The van der Waals surface area contributed by atoms with Crippen molar-refractivity contribution in [2.45, 2.75) is 19.6 Å². The maximum absolute atomic E-state index is 13.5. The maximum atomic E-state index is 13.5. The van der Waals surface area contributed by atoms with E-state index in [0.29, 0.717) is 43.1 Å². The van der Waals surface area contributed by atoms with Crippen LogP contribution in [0.2, 0.25) is 0 Å². The molecule has 4 aromatic rings. The van der Waals surface area contributed by atoms with E-state index in [-0.39, 0.29) is 18.4 Å². The first-order chi connectivity index (χ1) is 17.5. The van der Waals surface area contributed by atoms with E-state index in [1.54, 1.807) is 17.0 Å². The van der Waals surface area contributed by atoms with Gasteiger partial charge in [-0.05, 0) is 42.0 Å². The summed E-state index contributed by atoms with van der Waals surface area (Å²) in [5.41, 5.74) is 3.71. The number of benzene rings is 3. The fourth-order valence-corrected chi connectivity index (χ4v) is 4.24. The monoisotopic (exact) mass is 484 g/mol. The lowest BCUT2D eigenvalue weighted by molar-refractivity contribution is -0.121. The van der Waals surface area contributed by atoms with Crippen LogP contribution in [0.3, 0.4) is 0 Å². The highest BCUT2D eigenvalue weighted by molar-refractivity contribution is 5.94. The molecule has 0 aliphatic carbocycles. The Hall–Kier alpha value is -4.23. The topological polar surface area (TPSA) is 71.8 Å². The number of hydrogen-bond donors (Lipinski definition) is 1. The molecule has 3 aromatic carbocycles. The summed E-state index contributed by atoms with van der Waals surface area (Å²) in [6.07, 6.45) is 0.575. The summed E-state index contributed by atoms with van der Waals surface area (Å²) in [7, 11) is 0. The van der Waals surface area contributed by atoms with Crippen LogP contribution in [0, 0.1) is 5.82 Å². The lowest BCUT2D eigenvalue weighted by atomic mass is 10.1. The van der Waals surface area contributed by atoms with Crippen LogP contribution in [0.1, 0.15) is 27.2 Å². The first kappa shape index (κ1) is 23.5. The van der Waals surface area contributed by atoms with Crippen molar-refractivity contribution in [2.75, 3.05) is 18.5 Å². The molecule has 0 bridgehead atoms. The normalized spacial score (nSPS) is 12.8. The number of rotatable bonds is 7. The number of halogens is 1. The van der Waals surface area contributed by atoms with Crippen molar-refractivity contribution in [2.24, 2.45) is 0 Å². The van der Waals surface area contributed by atoms with E-state index in [4.69, 9.17) is 9.15 Å². The van der Waals surface area contributed by atoms with Crippen molar-refractivity contribution < 1.29 is 23.1 Å². The minimum atomic E-state index is -0.432. The van der Waals surface area contributed by atoms with E-state index in [0.717, 1.165) is 22.5 Å². The molecule has 1 aromatic heterocycles. The van der Waals surface area contributed by atoms with Crippen molar-refractivity contribution in [1.29, 1.82) is 0 Å². The summed E-state index contributed by atoms with van der Waals surface area (Å²) in [4.78, 5) is 26.8. The van der Waals surface area contributed by atoms with Gasteiger partial charge < -0.3 is 19.4 Å². The van der Waals surface area contributed by atoms with E-state index in [1.807, 2.05) is 54.6 Å². The zero-order valence-corrected chi connectivity index (χ0v) is 19.6. The molecule has 6 nitrogen and oxygen atoms in total. The number of hydrogen-bond acceptors (Lipinski definition) is 4. The summed E-state index contributed by atoms with van der Waals surface area (Å²) in [6, 6.07) is 24.7. The third-order valence-corrected chi connectivity index (χ3v) is 6.00. The third-order valence-electron chi connectivity index (χ3n) is 6.00. The number of amides is 2. The van der Waals surface area contributed by atoms with Crippen LogP contribution in [0.15, 0.2) is 89.3 Å². The van der Waals surface area contributed by atoms with Gasteiger partial charge in [-0.2, -0.15) is 0 Å². The van der Waals surface area contributed by atoms with Gasteiger partial charge in [0.1, 0.15) is 23.9 Å². The number of nitrogens with zero attached hydrogens (tertiary/aromatic N) is 1. The van der Waals surface area contributed by atoms with E-state index < -0.39 is 5.82 Å². The Balaban J connectivity index is 1.21. The van der Waals surface area contributed by atoms with Gasteiger partial charge >= 0.3 is 0 Å². The highest BCUT2D eigenvalue weighted by Gasteiger charge is 2.25. The van der Waals surface area contributed by atoms with E-state index in [2.05, 4.69) is 5.32 Å². The summed E-state index contributed by atoms with van der Waals surface area (Å²) in [6.45, 7) is 1.20. The van der Waals surface area contributed by atoms with Gasteiger partial charge in [0.05, 0.1) is 6.61 Å². The molecule has 0 atom stereocenters. The van der Waals surface area contributed by atoms with Gasteiger partial charge in [-0.15, -0.1) is 0 Å². The fourth-order valence-electron chi connectivity index (χ4n) is 4.24. The van der Waals surface area contributed by atoms with Crippen molar-refractivity contribution >= 4 is 17.5 Å². The lowest BCUT2D eigenvalue weighted by Crippen LogP contribution is -2.35. The molecule has 0 fully saturated rings. The Morgan fingerprint density at radius 1 is 0.972 bits per heavy atom. The molecular formula is C29H25FN2O4. The average molecular weight is 485 g/mol. The zero-order chi connectivity index (χ0) is 24.9. The summed E-state index contributed by atoms with van der Waals surface area (Å²) in [5, 5.41) is 2.86. The zero-order valence-electron chi connectivity index (χ0n) is 19.6. The minimum Gasteiger partial charge on any atom is -0.461 e. The largest absolute Gasteiger partial charge is 0.461 e. The van der Waals surface area contributed by atoms with Crippen molar-refractivity contribution in [3.8, 4) is 11.3 Å². The second-order valence-electron chi connectivity index (χ2n) is 8.65. The molecule has 0 spiro atoms. The summed E-state index contributed by atoms with van der Waals surface area (Å²) in [5.74, 6) is 0.614. The fraction of sp³-hybridized carbons (Fsp3) is 0.172. The molecule has 1 aliphatic heterocycles. The molecule has 0 saturated heterocycles. The number of nitrogens with one attached hydrogen (secondary N) is 1. The highest BCUT2D eigenvalue weighted by atomic mass is 19.1. The number of fused-ring (bicyclic) bond motifs is 1. The highest BCUT2D eigenvalue weighted by Crippen LogP contribution is 2.31. The number of furan rings is 1. The first-order valence-corrected chi connectivity index (χ1v) is 11.7. The molecule has 2 amide bonds. The number of carbonyl (C=O) groups is 2. The van der Waals surface area contributed by atoms with Crippen LogP contribution >= 0.6 is 0 Å². The number of ether oxygens (including phenoxy) is 1. The van der Waals surface area contributed by atoms with E-state index >= 15 is 0 Å². The van der Waals surface area contributed by atoms with Gasteiger partial charge in [0.25, 0.3) is 5.91 Å². The van der Waals surface area contributed by atoms with Gasteiger partial charge in [0, 0.05) is 41.9 Å². The van der Waals surface area contributed by atoms with Crippen LogP contribution in [0.25, 0.3) is 11.3 Å². The third kappa shape index (κ3) is 5.53. The number of anilines is 1. The molecule has 5 rings (SSSR count). The second-order valence-corrected chi connectivity index (χ2v) is 8.65. The Morgan fingerprint density at radius 2 is 1.81 bits per heavy atom. The molecule has 0 unspecified atom stereocenters. The molecule has 7 heteroatoms. The van der Waals surface area contributed by atoms with Crippen LogP contribution in [-0.4, -0.2) is 29.9 Å². The lowest BCUT2D eigenvalue weighted by Gasteiger charge is -2.26. The van der Waals surface area contributed by atoms with Gasteiger partial charge in [-0.1, -0.05) is 48.5 Å². The first-order valence-electron chi connectivity index (χ1n) is 11.7. The molecule has 182 valence electrons. The van der Waals surface area contributed by atoms with Gasteiger partial charge in [-0.3, -0.25) is 9.59 Å². The quantitative estimate of drug-likeness (QED) is 0.379. The second kappa shape index (κ2) is 10.6. The Bertz CT molecular complexity index is 1380. The molecular weight excluding hydrogens is 459 g/mol. The molecule has 1 N–H and O–H groups in total. The summed E-state index contributed by atoms with van der Waals surface area (Å²) < 4.78 is 25.1. The Kier molecular flexibility index (Phi) is 6.91. The predicted molar refractivity (Wildman–Crippen MR) is 134 cm³/mol. The maximum Gasteiger partial charge on any atom is 0.254 e. The molecule has 2 heterocycles. The standard InChI is InChI=1S/C29H25FN2O4/c30-24-10-4-9-22(14-24)29(34)32-13-12-26-23(17-32)16-27(36-26)21-8-5-11-25(15-21)31-28(33)19-35-18-20-6-2-1-3-7-20/h1-11,14-16H,12-13,17-19H2,(H,31,33). The van der Waals surface area contributed by atoms with Crippen LogP contribution in [0.5, 0.6) is 0 Å². The molecule has 0 radical (unpaired) electrons. The van der Waals surface area contributed by atoms with E-state index in [9.17, 15) is 14.0 Å². The average Bonchev–Trinajstić information content (AvgIpc) is 3.33. The van der Waals surface area contributed by atoms with Gasteiger partial charge in [-0.25, -0.2) is 4.39 Å². The minimum absolute atomic E-state index is 0.0522. The molecule has 36 heavy (non-hydrogen) atoms. The summed E-state index contributed by atoms with van der Waals surface area (Å²) >= 11 is 0. The number of carbonyl (C=O) groups excluding carboxylic acids is 2. The van der Waals surface area contributed by atoms with Gasteiger partial charge in [0.2, 0.25) is 5.91 Å². The van der Waals surface area contributed by atoms with Gasteiger partial charge in [0.15, 0.2) is 0 Å². The Labute approximate surface area is 208 Å². The van der Waals surface area contributed by atoms with Crippen molar-refractivity contribution in [3.05, 3.63) is 113 Å². The van der Waals surface area contributed by atoms with Crippen molar-refractivity contribution in [3.63, 3.8) is 0 Å². The van der Waals surface area contributed by atoms with Crippen LogP contribution < -0.4 is 5.32 Å². The Morgan fingerprint density at radius 3 is 2.64 bits per heavy atom. The smallest absolute Gasteiger partial charge is 0.254 e. The SMILES string of the molecule is O=C(COCc1ccccc1)Nc1cccc(-c2cc3c(o2)CCN(C(=O)c2cccc(F)c2)C3)c1. The van der Waals surface area contributed by atoms with Crippen LogP contribution in [0.4, 0.5) is 10.1 Å². The molecule has 1 aliphatic rings. The predicted octanol–water partition coefficient (Wildman–Crippen LogP) is 5.44. The van der Waals surface area contributed by atoms with Crippen LogP contribution in [-0.2, 0) is 29.1 Å². The van der Waals surface area contributed by atoms with Crippen molar-refractivity contribution in [1.82, 2.24) is 4.90 Å². The van der Waals surface area contributed by atoms with E-state index in [1.165, 1.54) is 18.2 Å².